The zero-order valence-corrected chi connectivity index (χ0v) is 14.7. The molecule has 0 aliphatic heterocycles. The van der Waals surface area contributed by atoms with Gasteiger partial charge in [-0.15, -0.1) is 0 Å². The minimum atomic E-state index is -4.25. The third-order valence-corrected chi connectivity index (χ3v) is 5.63. The van der Waals surface area contributed by atoms with E-state index in [4.69, 9.17) is 9.71 Å². The molecule has 2 aromatic carbocycles. The van der Waals surface area contributed by atoms with Crippen molar-refractivity contribution in [2.75, 3.05) is 0 Å². The summed E-state index contributed by atoms with van der Waals surface area (Å²) in [6.07, 6.45) is -0.296. The third-order valence-electron chi connectivity index (χ3n) is 4.27. The van der Waals surface area contributed by atoms with Crippen LogP contribution in [-0.4, -0.2) is 29.0 Å². The maximum absolute atomic E-state index is 12.9. The first-order valence-corrected chi connectivity index (χ1v) is 9.43. The van der Waals surface area contributed by atoms with Crippen LogP contribution in [0.15, 0.2) is 60.7 Å². The molecule has 0 atom stereocenters. The van der Waals surface area contributed by atoms with Crippen LogP contribution in [0.3, 0.4) is 0 Å². The van der Waals surface area contributed by atoms with Gasteiger partial charge in [0.1, 0.15) is 4.91 Å². The summed E-state index contributed by atoms with van der Waals surface area (Å²) in [5.74, 6) is -0.337. The van der Waals surface area contributed by atoms with E-state index in [1.807, 2.05) is 12.1 Å². The Kier molecular flexibility index (Phi) is 3.99. The highest BCUT2D eigenvalue weighted by molar-refractivity contribution is 7.96. The van der Waals surface area contributed by atoms with Crippen LogP contribution in [-0.2, 0) is 10.1 Å². The third kappa shape index (κ3) is 2.97. The number of benzene rings is 2. The van der Waals surface area contributed by atoms with Gasteiger partial charge in [-0.1, -0.05) is 42.5 Å². The molecule has 1 aliphatic carbocycles. The summed E-state index contributed by atoms with van der Waals surface area (Å²) in [6.45, 7) is 0. The number of hydrogen-bond acceptors (Lipinski definition) is 5. The van der Waals surface area contributed by atoms with Gasteiger partial charge >= 0.3 is 15.8 Å². The fourth-order valence-corrected chi connectivity index (χ4v) is 4.16. The van der Waals surface area contributed by atoms with Gasteiger partial charge in [0.2, 0.25) is 11.6 Å². The standard InChI is InChI=1S/C19H13N3O4S/c20-22-16-11-17(13-6-2-3-7-14(13)19(16)23)27(24,25)26-18-10-9-12-5-1-4-8-15(12)21-18/h1-10,23H,11H2. The summed E-state index contributed by atoms with van der Waals surface area (Å²) in [6, 6.07) is 16.8. The van der Waals surface area contributed by atoms with E-state index in [0.717, 1.165) is 5.39 Å². The number of nitrogens with zero attached hydrogens (tertiary/aromatic N) is 3. The molecule has 1 aliphatic rings. The zero-order valence-electron chi connectivity index (χ0n) is 13.9. The van der Waals surface area contributed by atoms with E-state index in [0.29, 0.717) is 10.7 Å². The van der Waals surface area contributed by atoms with Crippen molar-refractivity contribution in [3.05, 3.63) is 76.6 Å². The fourth-order valence-electron chi connectivity index (χ4n) is 2.98. The molecule has 0 saturated carbocycles. The van der Waals surface area contributed by atoms with E-state index in [1.165, 1.54) is 6.07 Å². The number of para-hydroxylation sites is 1. The van der Waals surface area contributed by atoms with E-state index < -0.39 is 10.1 Å². The zero-order chi connectivity index (χ0) is 19.0. The Morgan fingerprint density at radius 2 is 1.70 bits per heavy atom. The summed E-state index contributed by atoms with van der Waals surface area (Å²) in [4.78, 5) is 7.12. The maximum Gasteiger partial charge on any atom is 0.339 e. The monoisotopic (exact) mass is 379 g/mol. The number of aliphatic hydroxyl groups is 1. The highest BCUT2D eigenvalue weighted by Gasteiger charge is 2.32. The molecule has 0 fully saturated rings. The van der Waals surface area contributed by atoms with Crippen LogP contribution in [0.5, 0.6) is 5.88 Å². The van der Waals surface area contributed by atoms with Crippen molar-refractivity contribution in [1.29, 1.82) is 0 Å². The average molecular weight is 379 g/mol. The lowest BCUT2D eigenvalue weighted by Gasteiger charge is -2.12. The van der Waals surface area contributed by atoms with E-state index >= 15 is 0 Å². The summed E-state index contributed by atoms with van der Waals surface area (Å²) < 4.78 is 31.0. The SMILES string of the molecule is [N-]=[N+]=C1CC(S(=O)(=O)Oc2ccc3ccccc3n2)=c2ccccc2=C1O. The molecule has 0 amide bonds. The highest BCUT2D eigenvalue weighted by Crippen LogP contribution is 2.22. The van der Waals surface area contributed by atoms with Gasteiger partial charge in [0.05, 0.1) is 11.9 Å². The van der Waals surface area contributed by atoms with Gasteiger partial charge in [-0.2, -0.15) is 13.2 Å². The Morgan fingerprint density at radius 1 is 1.00 bits per heavy atom. The Bertz CT molecular complexity index is 1360. The van der Waals surface area contributed by atoms with Crippen molar-refractivity contribution in [2.45, 2.75) is 6.42 Å². The maximum atomic E-state index is 12.9. The van der Waals surface area contributed by atoms with Crippen LogP contribution >= 0.6 is 0 Å². The molecule has 0 unspecified atom stereocenters. The second kappa shape index (κ2) is 6.35. The number of aromatic nitrogens is 1. The summed E-state index contributed by atoms with van der Waals surface area (Å²) >= 11 is 0. The van der Waals surface area contributed by atoms with Crippen molar-refractivity contribution in [1.82, 2.24) is 4.98 Å². The summed E-state index contributed by atoms with van der Waals surface area (Å²) in [5, 5.41) is 11.6. The minimum Gasteiger partial charge on any atom is -0.501 e. The highest BCUT2D eigenvalue weighted by atomic mass is 32.2. The van der Waals surface area contributed by atoms with Gasteiger partial charge < -0.3 is 14.8 Å². The molecule has 7 nitrogen and oxygen atoms in total. The molecule has 8 heteroatoms. The topological polar surface area (TPSA) is 113 Å². The second-order valence-corrected chi connectivity index (χ2v) is 7.49. The Morgan fingerprint density at radius 3 is 2.48 bits per heavy atom. The first kappa shape index (κ1) is 17.0. The smallest absolute Gasteiger partial charge is 0.339 e. The first-order valence-electron chi connectivity index (χ1n) is 8.03. The van der Waals surface area contributed by atoms with Crippen molar-refractivity contribution >= 4 is 37.4 Å². The fraction of sp³-hybridized carbons (Fsp3) is 0.0526. The lowest BCUT2D eigenvalue weighted by molar-refractivity contribution is -0.00641. The first-order chi connectivity index (χ1) is 13.0. The molecule has 0 bridgehead atoms. The molecule has 4 rings (SSSR count). The predicted octanol–water partition coefficient (Wildman–Crippen LogP) is 1.49. The number of fused-ring (bicyclic) bond motifs is 2. The van der Waals surface area contributed by atoms with Gasteiger partial charge in [-0.25, -0.2) is 4.98 Å². The van der Waals surface area contributed by atoms with E-state index in [1.54, 1.807) is 42.5 Å². The molecular formula is C19H13N3O4S. The number of rotatable bonds is 3. The van der Waals surface area contributed by atoms with Gasteiger partial charge in [-0.3, -0.25) is 0 Å². The van der Waals surface area contributed by atoms with Crippen LogP contribution in [0.4, 0.5) is 0 Å². The second-order valence-electron chi connectivity index (χ2n) is 5.92. The predicted molar refractivity (Wildman–Crippen MR) is 99.7 cm³/mol. The van der Waals surface area contributed by atoms with E-state index in [9.17, 15) is 13.5 Å². The molecule has 3 aromatic rings. The van der Waals surface area contributed by atoms with Crippen molar-refractivity contribution in [3.8, 4) is 5.88 Å². The van der Waals surface area contributed by atoms with Crippen LogP contribution in [0, 0.1) is 0 Å². The molecule has 0 radical (unpaired) electrons. The number of aliphatic hydroxyl groups excluding tert-OH is 1. The molecule has 134 valence electrons. The Hall–Kier alpha value is -3.48. The van der Waals surface area contributed by atoms with Crippen LogP contribution < -0.4 is 14.6 Å². The molecule has 0 saturated heterocycles. The lowest BCUT2D eigenvalue weighted by Crippen LogP contribution is -2.38. The quantitative estimate of drug-likeness (QED) is 0.421. The van der Waals surface area contributed by atoms with Crippen molar-refractivity contribution < 1.29 is 22.5 Å². The average Bonchev–Trinajstić information content (AvgIpc) is 2.68. The normalized spacial score (nSPS) is 14.0. The van der Waals surface area contributed by atoms with Crippen LogP contribution in [0.1, 0.15) is 6.42 Å². The van der Waals surface area contributed by atoms with Crippen LogP contribution in [0.2, 0.25) is 0 Å². The van der Waals surface area contributed by atoms with Gasteiger partial charge in [0, 0.05) is 21.9 Å². The minimum absolute atomic E-state index is 0.0695. The van der Waals surface area contributed by atoms with Gasteiger partial charge in [0.15, 0.2) is 0 Å². The lowest BCUT2D eigenvalue weighted by atomic mass is 10.0. The molecule has 27 heavy (non-hydrogen) atoms. The Labute approximate surface area is 154 Å². The van der Waals surface area contributed by atoms with Crippen molar-refractivity contribution in [2.24, 2.45) is 0 Å². The molecular weight excluding hydrogens is 366 g/mol. The molecule has 1 N–H and O–H groups in total. The van der Waals surface area contributed by atoms with Gasteiger partial charge in [-0.05, 0) is 12.1 Å². The van der Waals surface area contributed by atoms with E-state index in [2.05, 4.69) is 9.77 Å². The molecule has 1 heterocycles. The summed E-state index contributed by atoms with van der Waals surface area (Å²) in [5.41, 5.74) is 9.57. The van der Waals surface area contributed by atoms with E-state index in [-0.39, 0.29) is 33.9 Å². The Balaban J connectivity index is 1.87. The van der Waals surface area contributed by atoms with Crippen LogP contribution in [0.25, 0.3) is 27.1 Å². The molecule has 0 spiro atoms. The van der Waals surface area contributed by atoms with Crippen molar-refractivity contribution in [3.63, 3.8) is 0 Å². The van der Waals surface area contributed by atoms with Gasteiger partial charge in [0.25, 0.3) is 0 Å². The number of pyridine rings is 1. The molecule has 1 aromatic heterocycles. The largest absolute Gasteiger partial charge is 0.501 e. The summed E-state index contributed by atoms with van der Waals surface area (Å²) in [7, 11) is -4.25. The number of hydrogen-bond donors (Lipinski definition) is 1.